The second kappa shape index (κ2) is 7.52. The molecule has 0 radical (unpaired) electrons. The largest absolute Gasteiger partial charge is 0.334 e. The number of hydrogen-bond donors (Lipinski definition) is 1. The first-order chi connectivity index (χ1) is 8.27. The lowest BCUT2D eigenvalue weighted by atomic mass is 9.94. The zero-order chi connectivity index (χ0) is 14.5. The Morgan fingerprint density at radius 2 is 1.72 bits per heavy atom. The standard InChI is InChI=1S/C14H28N2O2/c1-8-10(4)12(15-6)14(18)16(7)13(9(2)3)11(5)17/h9-10,12-13,15H,8H2,1-7H3. The molecule has 4 heteroatoms. The summed E-state index contributed by atoms with van der Waals surface area (Å²) >= 11 is 0. The highest BCUT2D eigenvalue weighted by molar-refractivity contribution is 5.89. The number of amides is 1. The van der Waals surface area contributed by atoms with Gasteiger partial charge in [-0.15, -0.1) is 0 Å². The Bertz CT molecular complexity index is 290. The fraction of sp³-hybridized carbons (Fsp3) is 0.857. The lowest BCUT2D eigenvalue weighted by molar-refractivity contribution is -0.141. The number of nitrogens with one attached hydrogen (secondary N) is 1. The van der Waals surface area contributed by atoms with Crippen LogP contribution in [0.3, 0.4) is 0 Å². The fourth-order valence-electron chi connectivity index (χ4n) is 2.43. The van der Waals surface area contributed by atoms with Crippen LogP contribution in [0, 0.1) is 11.8 Å². The summed E-state index contributed by atoms with van der Waals surface area (Å²) in [4.78, 5) is 25.7. The van der Waals surface area contributed by atoms with E-state index >= 15 is 0 Å². The number of Topliss-reactive ketones (excluding diaryl/α,β-unsaturated/α-hetero) is 1. The minimum atomic E-state index is -0.336. The van der Waals surface area contributed by atoms with E-state index < -0.39 is 0 Å². The maximum absolute atomic E-state index is 12.4. The SMILES string of the molecule is CCC(C)C(NC)C(=O)N(C)C(C(C)=O)C(C)C. The third-order valence-electron chi connectivity index (χ3n) is 3.60. The van der Waals surface area contributed by atoms with E-state index in [9.17, 15) is 9.59 Å². The van der Waals surface area contributed by atoms with E-state index in [4.69, 9.17) is 0 Å². The smallest absolute Gasteiger partial charge is 0.240 e. The van der Waals surface area contributed by atoms with Crippen LogP contribution in [0.4, 0.5) is 0 Å². The van der Waals surface area contributed by atoms with Gasteiger partial charge in [-0.2, -0.15) is 0 Å². The Kier molecular flexibility index (Phi) is 7.14. The van der Waals surface area contributed by atoms with Crippen LogP contribution in [0.15, 0.2) is 0 Å². The van der Waals surface area contributed by atoms with Gasteiger partial charge in [-0.3, -0.25) is 9.59 Å². The van der Waals surface area contributed by atoms with Gasteiger partial charge in [0.1, 0.15) is 0 Å². The first-order valence-corrected chi connectivity index (χ1v) is 6.72. The highest BCUT2D eigenvalue weighted by Crippen LogP contribution is 2.15. The molecular weight excluding hydrogens is 228 g/mol. The van der Waals surface area contributed by atoms with Gasteiger partial charge in [0.25, 0.3) is 0 Å². The van der Waals surface area contributed by atoms with Crippen LogP contribution in [-0.4, -0.2) is 42.8 Å². The quantitative estimate of drug-likeness (QED) is 0.754. The summed E-state index contributed by atoms with van der Waals surface area (Å²) in [5, 5.41) is 3.06. The van der Waals surface area contributed by atoms with Gasteiger partial charge in [0.15, 0.2) is 5.78 Å². The van der Waals surface area contributed by atoms with Gasteiger partial charge in [-0.05, 0) is 25.8 Å². The summed E-state index contributed by atoms with van der Waals surface area (Å²) in [6, 6.07) is -0.557. The summed E-state index contributed by atoms with van der Waals surface area (Å²) < 4.78 is 0. The van der Waals surface area contributed by atoms with Gasteiger partial charge in [-0.1, -0.05) is 34.1 Å². The molecule has 18 heavy (non-hydrogen) atoms. The van der Waals surface area contributed by atoms with Crippen LogP contribution in [0.1, 0.15) is 41.0 Å². The topological polar surface area (TPSA) is 49.4 Å². The molecule has 106 valence electrons. The summed E-state index contributed by atoms with van der Waals surface area (Å²) in [5.41, 5.74) is 0. The number of carbonyl (C=O) groups excluding carboxylic acids is 2. The number of likely N-dealkylation sites (N-methyl/N-ethyl adjacent to an activating group) is 2. The van der Waals surface area contributed by atoms with E-state index in [0.29, 0.717) is 0 Å². The van der Waals surface area contributed by atoms with Crippen molar-refractivity contribution in [3.05, 3.63) is 0 Å². The Labute approximate surface area is 111 Å². The summed E-state index contributed by atoms with van der Waals surface area (Å²) in [5.74, 6) is 0.427. The molecule has 0 fully saturated rings. The van der Waals surface area contributed by atoms with Crippen LogP contribution < -0.4 is 5.32 Å². The highest BCUT2D eigenvalue weighted by atomic mass is 16.2. The van der Waals surface area contributed by atoms with Gasteiger partial charge < -0.3 is 10.2 Å². The molecule has 0 spiro atoms. The molecule has 1 N–H and O–H groups in total. The third kappa shape index (κ3) is 4.09. The molecule has 1 amide bonds. The van der Waals surface area contributed by atoms with Gasteiger partial charge in [-0.25, -0.2) is 0 Å². The van der Waals surface area contributed by atoms with Crippen molar-refractivity contribution in [3.63, 3.8) is 0 Å². The van der Waals surface area contributed by atoms with Gasteiger partial charge in [0.05, 0.1) is 12.1 Å². The van der Waals surface area contributed by atoms with Crippen molar-refractivity contribution in [3.8, 4) is 0 Å². The van der Waals surface area contributed by atoms with E-state index in [2.05, 4.69) is 12.2 Å². The fourth-order valence-corrected chi connectivity index (χ4v) is 2.43. The van der Waals surface area contributed by atoms with Crippen molar-refractivity contribution >= 4 is 11.7 Å². The van der Waals surface area contributed by atoms with Crippen molar-refractivity contribution in [1.82, 2.24) is 10.2 Å². The predicted octanol–water partition coefficient (Wildman–Crippen LogP) is 1.69. The van der Waals surface area contributed by atoms with Crippen molar-refractivity contribution < 1.29 is 9.59 Å². The Morgan fingerprint density at radius 3 is 2.00 bits per heavy atom. The zero-order valence-electron chi connectivity index (χ0n) is 12.8. The molecule has 0 saturated heterocycles. The lowest BCUT2D eigenvalue weighted by Crippen LogP contribution is -2.53. The monoisotopic (exact) mass is 256 g/mol. The second-order valence-corrected chi connectivity index (χ2v) is 5.40. The van der Waals surface area contributed by atoms with Crippen molar-refractivity contribution in [2.45, 2.75) is 53.1 Å². The number of hydrogen-bond acceptors (Lipinski definition) is 3. The highest BCUT2D eigenvalue weighted by Gasteiger charge is 2.32. The number of rotatable bonds is 7. The van der Waals surface area contributed by atoms with Gasteiger partial charge in [0, 0.05) is 7.05 Å². The molecule has 0 heterocycles. The van der Waals surface area contributed by atoms with E-state index in [1.54, 1.807) is 25.9 Å². The van der Waals surface area contributed by atoms with Crippen LogP contribution in [0.5, 0.6) is 0 Å². The van der Waals surface area contributed by atoms with Crippen molar-refractivity contribution in [2.75, 3.05) is 14.1 Å². The zero-order valence-corrected chi connectivity index (χ0v) is 12.8. The number of nitrogens with zero attached hydrogens (tertiary/aromatic N) is 1. The molecular formula is C14H28N2O2. The molecule has 4 nitrogen and oxygen atoms in total. The Hall–Kier alpha value is -0.900. The third-order valence-corrected chi connectivity index (χ3v) is 3.60. The molecule has 0 aliphatic carbocycles. The van der Waals surface area contributed by atoms with E-state index in [1.165, 1.54) is 0 Å². The van der Waals surface area contributed by atoms with Crippen LogP contribution in [0.2, 0.25) is 0 Å². The minimum Gasteiger partial charge on any atom is -0.334 e. The average molecular weight is 256 g/mol. The van der Waals surface area contributed by atoms with Crippen LogP contribution in [-0.2, 0) is 9.59 Å². The summed E-state index contributed by atoms with van der Waals surface area (Å²) in [6.45, 7) is 9.59. The Balaban J connectivity index is 4.99. The molecule has 0 aromatic carbocycles. The normalized spacial score (nSPS) is 16.2. The van der Waals surface area contributed by atoms with Gasteiger partial charge in [0.2, 0.25) is 5.91 Å². The molecule has 0 saturated carbocycles. The first kappa shape index (κ1) is 17.1. The first-order valence-electron chi connectivity index (χ1n) is 6.72. The van der Waals surface area contributed by atoms with Crippen LogP contribution in [0.25, 0.3) is 0 Å². The molecule has 0 aliphatic heterocycles. The van der Waals surface area contributed by atoms with E-state index in [1.807, 2.05) is 20.8 Å². The molecule has 0 aromatic heterocycles. The molecule has 0 aliphatic rings. The van der Waals surface area contributed by atoms with Gasteiger partial charge >= 0.3 is 0 Å². The maximum Gasteiger partial charge on any atom is 0.240 e. The average Bonchev–Trinajstić information content (AvgIpc) is 2.28. The van der Waals surface area contributed by atoms with Crippen molar-refractivity contribution in [2.24, 2.45) is 11.8 Å². The van der Waals surface area contributed by atoms with Crippen molar-refractivity contribution in [1.29, 1.82) is 0 Å². The second-order valence-electron chi connectivity index (χ2n) is 5.40. The number of ketones is 1. The number of carbonyl (C=O) groups is 2. The molecule has 0 rings (SSSR count). The molecule has 3 atom stereocenters. The lowest BCUT2D eigenvalue weighted by Gasteiger charge is -2.33. The summed E-state index contributed by atoms with van der Waals surface area (Å²) in [6.07, 6.45) is 0.928. The summed E-state index contributed by atoms with van der Waals surface area (Å²) in [7, 11) is 3.52. The van der Waals surface area contributed by atoms with Crippen LogP contribution >= 0.6 is 0 Å². The predicted molar refractivity (Wildman–Crippen MR) is 74.4 cm³/mol. The Morgan fingerprint density at radius 1 is 1.22 bits per heavy atom. The van der Waals surface area contributed by atoms with E-state index in [0.717, 1.165) is 6.42 Å². The maximum atomic E-state index is 12.4. The minimum absolute atomic E-state index is 0.000694. The molecule has 3 unspecified atom stereocenters. The van der Waals surface area contributed by atoms with E-state index in [-0.39, 0.29) is 35.6 Å². The molecule has 0 aromatic rings. The molecule has 0 bridgehead atoms.